The van der Waals surface area contributed by atoms with Crippen LogP contribution in [-0.4, -0.2) is 63.2 Å². The fourth-order valence-electron chi connectivity index (χ4n) is 1.71. The fourth-order valence-corrected chi connectivity index (χ4v) is 1.71. The van der Waals surface area contributed by atoms with E-state index in [-0.39, 0.29) is 36.4 Å². The number of carbonyl (C=O) groups is 1. The zero-order valence-electron chi connectivity index (χ0n) is 13.4. The van der Waals surface area contributed by atoms with Crippen LogP contribution in [0.4, 0.5) is 0 Å². The number of rotatable bonds is 9. The number of hydrogen-bond acceptors (Lipinski definition) is 3. The van der Waals surface area contributed by atoms with Gasteiger partial charge in [0, 0.05) is 33.3 Å². The van der Waals surface area contributed by atoms with Gasteiger partial charge in [-0.15, -0.1) is 24.0 Å². The third-order valence-electron chi connectivity index (χ3n) is 3.06. The third kappa shape index (κ3) is 9.89. The first-order chi connectivity index (χ1) is 9.67. The van der Waals surface area contributed by atoms with E-state index in [0.29, 0.717) is 13.2 Å². The molecule has 0 aromatic heterocycles. The van der Waals surface area contributed by atoms with E-state index in [1.165, 1.54) is 12.8 Å². The molecule has 0 spiro atoms. The van der Waals surface area contributed by atoms with Gasteiger partial charge in [-0.25, -0.2) is 4.99 Å². The predicted octanol–water partition coefficient (Wildman–Crippen LogP) is 1.06. The van der Waals surface area contributed by atoms with Crippen LogP contribution in [0.3, 0.4) is 0 Å². The standard InChI is InChI=1S/C14H28N4O2.HI/c1-4-15-13(19)10-17-14(16-5-2)18(3)8-9-20-11-12-6-7-12;/h12H,4-11H2,1-3H3,(H,15,19)(H,16,17);1H. The van der Waals surface area contributed by atoms with Crippen LogP contribution in [0.15, 0.2) is 4.99 Å². The Labute approximate surface area is 145 Å². The van der Waals surface area contributed by atoms with Crippen molar-refractivity contribution in [1.82, 2.24) is 15.5 Å². The molecule has 0 heterocycles. The second-order valence-corrected chi connectivity index (χ2v) is 5.06. The van der Waals surface area contributed by atoms with Gasteiger partial charge >= 0.3 is 0 Å². The molecule has 124 valence electrons. The molecule has 0 unspecified atom stereocenters. The van der Waals surface area contributed by atoms with Gasteiger partial charge < -0.3 is 20.3 Å². The van der Waals surface area contributed by atoms with Gasteiger partial charge in [0.1, 0.15) is 6.54 Å². The molecule has 7 heteroatoms. The Hall–Kier alpha value is -0.570. The van der Waals surface area contributed by atoms with Crippen molar-refractivity contribution in [2.75, 3.05) is 46.4 Å². The highest BCUT2D eigenvalue weighted by atomic mass is 127. The van der Waals surface area contributed by atoms with Gasteiger partial charge in [-0.05, 0) is 32.6 Å². The molecule has 6 nitrogen and oxygen atoms in total. The Bertz CT molecular complexity index is 322. The minimum absolute atomic E-state index is 0. The highest BCUT2D eigenvalue weighted by Gasteiger charge is 2.21. The monoisotopic (exact) mass is 412 g/mol. The minimum Gasteiger partial charge on any atom is -0.379 e. The molecule has 1 aliphatic carbocycles. The van der Waals surface area contributed by atoms with E-state index in [4.69, 9.17) is 4.74 Å². The maximum absolute atomic E-state index is 11.4. The maximum atomic E-state index is 11.4. The number of nitrogens with zero attached hydrogens (tertiary/aromatic N) is 2. The Kier molecular flexibility index (Phi) is 11.7. The highest BCUT2D eigenvalue weighted by molar-refractivity contribution is 14.0. The summed E-state index contributed by atoms with van der Waals surface area (Å²) in [5.74, 6) is 1.48. The quantitative estimate of drug-likeness (QED) is 0.257. The van der Waals surface area contributed by atoms with E-state index in [2.05, 4.69) is 15.6 Å². The molecule has 0 aromatic carbocycles. The van der Waals surface area contributed by atoms with Gasteiger partial charge in [0.2, 0.25) is 5.91 Å². The predicted molar refractivity (Wildman–Crippen MR) is 96.3 cm³/mol. The summed E-state index contributed by atoms with van der Waals surface area (Å²) in [7, 11) is 1.96. The zero-order chi connectivity index (χ0) is 14.8. The van der Waals surface area contributed by atoms with E-state index in [1.807, 2.05) is 25.8 Å². The topological polar surface area (TPSA) is 66.0 Å². The van der Waals surface area contributed by atoms with E-state index in [9.17, 15) is 4.79 Å². The average Bonchev–Trinajstić information content (AvgIpc) is 3.23. The zero-order valence-corrected chi connectivity index (χ0v) is 15.7. The fraction of sp³-hybridized carbons (Fsp3) is 0.857. The van der Waals surface area contributed by atoms with Crippen LogP contribution < -0.4 is 10.6 Å². The molecule has 0 bridgehead atoms. The van der Waals surface area contributed by atoms with E-state index >= 15 is 0 Å². The molecule has 0 aromatic rings. The molecule has 0 radical (unpaired) electrons. The van der Waals surface area contributed by atoms with E-state index < -0.39 is 0 Å². The smallest absolute Gasteiger partial charge is 0.241 e. The van der Waals surface area contributed by atoms with Crippen LogP contribution in [0.25, 0.3) is 0 Å². The first-order valence-electron chi connectivity index (χ1n) is 7.51. The van der Waals surface area contributed by atoms with Crippen LogP contribution in [-0.2, 0) is 9.53 Å². The Morgan fingerprint density at radius 3 is 2.52 bits per heavy atom. The van der Waals surface area contributed by atoms with Gasteiger partial charge in [-0.1, -0.05) is 0 Å². The Balaban J connectivity index is 0.00000400. The summed E-state index contributed by atoms with van der Waals surface area (Å²) in [6, 6.07) is 0. The molecule has 0 atom stereocenters. The molecule has 1 rings (SSSR count). The Morgan fingerprint density at radius 2 is 1.95 bits per heavy atom. The van der Waals surface area contributed by atoms with Gasteiger partial charge in [0.25, 0.3) is 0 Å². The summed E-state index contributed by atoms with van der Waals surface area (Å²) >= 11 is 0. The number of ether oxygens (including phenoxy) is 1. The second kappa shape index (κ2) is 12.0. The van der Waals surface area contributed by atoms with Crippen molar-refractivity contribution in [3.63, 3.8) is 0 Å². The molecule has 1 saturated carbocycles. The number of guanidine groups is 1. The highest BCUT2D eigenvalue weighted by Crippen LogP contribution is 2.28. The van der Waals surface area contributed by atoms with Crippen molar-refractivity contribution in [3.05, 3.63) is 0 Å². The van der Waals surface area contributed by atoms with Crippen molar-refractivity contribution in [2.24, 2.45) is 10.9 Å². The molecule has 1 amide bonds. The normalized spacial score (nSPS) is 14.3. The number of likely N-dealkylation sites (N-methyl/N-ethyl adjacent to an activating group) is 2. The molecule has 2 N–H and O–H groups in total. The molecule has 0 saturated heterocycles. The molecule has 21 heavy (non-hydrogen) atoms. The van der Waals surface area contributed by atoms with Crippen LogP contribution in [0, 0.1) is 5.92 Å². The van der Waals surface area contributed by atoms with Gasteiger partial charge in [-0.3, -0.25) is 4.79 Å². The summed E-state index contributed by atoms with van der Waals surface area (Å²) in [6.45, 7) is 7.82. The number of nitrogens with one attached hydrogen (secondary N) is 2. The number of amides is 1. The van der Waals surface area contributed by atoms with Gasteiger partial charge in [-0.2, -0.15) is 0 Å². The van der Waals surface area contributed by atoms with Crippen molar-refractivity contribution in [2.45, 2.75) is 26.7 Å². The summed E-state index contributed by atoms with van der Waals surface area (Å²) in [6.07, 6.45) is 2.62. The molecule has 1 fully saturated rings. The molecular weight excluding hydrogens is 383 g/mol. The lowest BCUT2D eigenvalue weighted by Crippen LogP contribution is -2.41. The molecule has 1 aliphatic rings. The SMILES string of the molecule is CCNC(=O)CN=C(NCC)N(C)CCOCC1CC1.I. The summed E-state index contributed by atoms with van der Waals surface area (Å²) in [5.41, 5.74) is 0. The van der Waals surface area contributed by atoms with Crippen molar-refractivity contribution in [3.8, 4) is 0 Å². The van der Waals surface area contributed by atoms with Crippen molar-refractivity contribution >= 4 is 35.8 Å². The number of hydrogen-bond donors (Lipinski definition) is 2. The molecular formula is C14H29IN4O2. The number of aliphatic imine (C=N–C) groups is 1. The lowest BCUT2D eigenvalue weighted by atomic mass is 10.5. The van der Waals surface area contributed by atoms with Crippen LogP contribution >= 0.6 is 24.0 Å². The van der Waals surface area contributed by atoms with Gasteiger partial charge in [0.05, 0.1) is 6.61 Å². The minimum atomic E-state index is -0.0544. The van der Waals surface area contributed by atoms with Crippen LogP contribution in [0.2, 0.25) is 0 Å². The van der Waals surface area contributed by atoms with Crippen molar-refractivity contribution < 1.29 is 9.53 Å². The Morgan fingerprint density at radius 1 is 1.29 bits per heavy atom. The summed E-state index contributed by atoms with van der Waals surface area (Å²) in [5, 5.41) is 5.92. The number of carbonyl (C=O) groups excluding carboxylic acids is 1. The van der Waals surface area contributed by atoms with Crippen molar-refractivity contribution in [1.29, 1.82) is 0 Å². The largest absolute Gasteiger partial charge is 0.379 e. The number of halogens is 1. The summed E-state index contributed by atoms with van der Waals surface area (Å²) < 4.78 is 5.62. The summed E-state index contributed by atoms with van der Waals surface area (Å²) in [4.78, 5) is 17.7. The van der Waals surface area contributed by atoms with E-state index in [1.54, 1.807) is 0 Å². The molecule has 0 aliphatic heterocycles. The lowest BCUT2D eigenvalue weighted by molar-refractivity contribution is -0.119. The van der Waals surface area contributed by atoms with Crippen LogP contribution in [0.5, 0.6) is 0 Å². The average molecular weight is 412 g/mol. The third-order valence-corrected chi connectivity index (χ3v) is 3.06. The van der Waals surface area contributed by atoms with Crippen LogP contribution in [0.1, 0.15) is 26.7 Å². The second-order valence-electron chi connectivity index (χ2n) is 5.06. The first-order valence-corrected chi connectivity index (χ1v) is 7.51. The van der Waals surface area contributed by atoms with Gasteiger partial charge in [0.15, 0.2) is 5.96 Å². The maximum Gasteiger partial charge on any atom is 0.241 e. The lowest BCUT2D eigenvalue weighted by Gasteiger charge is -2.21. The first kappa shape index (κ1) is 20.4. The van der Waals surface area contributed by atoms with E-state index in [0.717, 1.165) is 31.6 Å².